The van der Waals surface area contributed by atoms with E-state index in [1.54, 1.807) is 7.11 Å². The van der Waals surface area contributed by atoms with Crippen LogP contribution in [0, 0.1) is 0 Å². The summed E-state index contributed by atoms with van der Waals surface area (Å²) in [5, 5.41) is 11.2. The maximum atomic E-state index is 11.2. The lowest BCUT2D eigenvalue weighted by atomic mass is 9.72. The van der Waals surface area contributed by atoms with Crippen molar-refractivity contribution in [3.63, 3.8) is 0 Å². The predicted molar refractivity (Wildman–Crippen MR) is 93.3 cm³/mol. The Morgan fingerprint density at radius 2 is 2.21 bits per heavy atom. The van der Waals surface area contributed by atoms with Crippen molar-refractivity contribution in [2.24, 2.45) is 0 Å². The van der Waals surface area contributed by atoms with Crippen LogP contribution in [0.3, 0.4) is 0 Å². The van der Waals surface area contributed by atoms with E-state index in [9.17, 15) is 5.11 Å². The van der Waals surface area contributed by atoms with E-state index in [1.165, 1.54) is 11.1 Å². The summed E-state index contributed by atoms with van der Waals surface area (Å²) >= 11 is 0. The van der Waals surface area contributed by atoms with Crippen LogP contribution >= 0.6 is 0 Å². The maximum Gasteiger partial charge on any atom is 0.163 e. The van der Waals surface area contributed by atoms with E-state index in [0.717, 1.165) is 24.2 Å². The van der Waals surface area contributed by atoms with Crippen LogP contribution < -0.4 is 4.74 Å². The number of aliphatic hydroxyl groups is 1. The van der Waals surface area contributed by atoms with Crippen molar-refractivity contribution in [3.05, 3.63) is 41.5 Å². The first-order valence-electron chi connectivity index (χ1n) is 8.62. The van der Waals surface area contributed by atoms with E-state index in [1.807, 2.05) is 26.8 Å². The number of ether oxygens (including phenoxy) is 3. The van der Waals surface area contributed by atoms with Crippen molar-refractivity contribution in [3.8, 4) is 5.75 Å². The molecule has 1 fully saturated rings. The van der Waals surface area contributed by atoms with Crippen molar-refractivity contribution in [2.75, 3.05) is 13.7 Å². The molecule has 1 saturated heterocycles. The fourth-order valence-corrected chi connectivity index (χ4v) is 3.75. The molecule has 1 N–H and O–H groups in total. The molecular formula is C20H28O4. The van der Waals surface area contributed by atoms with Crippen molar-refractivity contribution >= 4 is 0 Å². The van der Waals surface area contributed by atoms with Crippen molar-refractivity contribution in [1.82, 2.24) is 0 Å². The zero-order valence-corrected chi connectivity index (χ0v) is 15.1. The van der Waals surface area contributed by atoms with Crippen LogP contribution in [0.15, 0.2) is 30.4 Å². The summed E-state index contributed by atoms with van der Waals surface area (Å²) < 4.78 is 16.8. The minimum Gasteiger partial charge on any atom is -0.497 e. The average molecular weight is 332 g/mol. The molecule has 0 amide bonds. The SMILES string of the molecule is C=C(C)[C@](O)(CCC1Cc2cc(OC)ccc21)[C@@H]1COC(C)(C)O1. The van der Waals surface area contributed by atoms with Crippen LogP contribution in [0.25, 0.3) is 0 Å². The van der Waals surface area contributed by atoms with E-state index < -0.39 is 11.4 Å². The Bertz CT molecular complexity index is 637. The summed E-state index contributed by atoms with van der Waals surface area (Å²) in [6.45, 7) is 10.0. The molecule has 2 aliphatic rings. The highest BCUT2D eigenvalue weighted by Gasteiger charge is 2.47. The number of hydrogen-bond donors (Lipinski definition) is 1. The molecule has 4 heteroatoms. The predicted octanol–water partition coefficient (Wildman–Crippen LogP) is 3.57. The van der Waals surface area contributed by atoms with Crippen molar-refractivity contribution < 1.29 is 19.3 Å². The molecule has 0 radical (unpaired) electrons. The largest absolute Gasteiger partial charge is 0.497 e. The molecule has 3 atom stereocenters. The van der Waals surface area contributed by atoms with Gasteiger partial charge >= 0.3 is 0 Å². The summed E-state index contributed by atoms with van der Waals surface area (Å²) in [6.07, 6.45) is 2.21. The minimum absolute atomic E-state index is 0.361. The molecule has 4 nitrogen and oxygen atoms in total. The van der Waals surface area contributed by atoms with Crippen molar-refractivity contribution in [1.29, 1.82) is 0 Å². The van der Waals surface area contributed by atoms with Crippen LogP contribution in [0.5, 0.6) is 5.75 Å². The molecule has 0 spiro atoms. The minimum atomic E-state index is -1.05. The Hall–Kier alpha value is -1.36. The molecule has 3 rings (SSSR count). The highest BCUT2D eigenvalue weighted by atomic mass is 16.7. The molecule has 0 aromatic heterocycles. The lowest BCUT2D eigenvalue weighted by Crippen LogP contribution is -2.46. The van der Waals surface area contributed by atoms with Crippen LogP contribution in [0.1, 0.15) is 50.7 Å². The van der Waals surface area contributed by atoms with Gasteiger partial charge in [-0.3, -0.25) is 0 Å². The number of fused-ring (bicyclic) bond motifs is 1. The lowest BCUT2D eigenvalue weighted by molar-refractivity contribution is -0.164. The normalized spacial score (nSPS) is 27.0. The van der Waals surface area contributed by atoms with Gasteiger partial charge < -0.3 is 19.3 Å². The topological polar surface area (TPSA) is 47.9 Å². The second-order valence-electron chi connectivity index (χ2n) is 7.53. The molecular weight excluding hydrogens is 304 g/mol. The van der Waals surface area contributed by atoms with Crippen molar-refractivity contribution in [2.45, 2.75) is 63.4 Å². The van der Waals surface area contributed by atoms with Gasteiger partial charge in [-0.05, 0) is 74.8 Å². The average Bonchev–Trinajstić information content (AvgIpc) is 2.88. The van der Waals surface area contributed by atoms with E-state index in [0.29, 0.717) is 18.9 Å². The van der Waals surface area contributed by atoms with Gasteiger partial charge in [-0.25, -0.2) is 0 Å². The number of rotatable bonds is 6. The molecule has 0 saturated carbocycles. The second-order valence-corrected chi connectivity index (χ2v) is 7.53. The number of methoxy groups -OCH3 is 1. The molecule has 1 aromatic rings. The first kappa shape index (κ1) is 17.5. The lowest BCUT2D eigenvalue weighted by Gasteiger charge is -2.37. The summed E-state index contributed by atoms with van der Waals surface area (Å²) in [4.78, 5) is 0. The Balaban J connectivity index is 1.66. The van der Waals surface area contributed by atoms with E-state index in [4.69, 9.17) is 14.2 Å². The quantitative estimate of drug-likeness (QED) is 0.809. The third-order valence-electron chi connectivity index (χ3n) is 5.41. The Labute approximate surface area is 144 Å². The van der Waals surface area contributed by atoms with E-state index in [-0.39, 0.29) is 6.10 Å². The molecule has 1 unspecified atom stereocenters. The first-order valence-corrected chi connectivity index (χ1v) is 8.62. The molecule has 0 bridgehead atoms. The Morgan fingerprint density at radius 3 is 2.75 bits per heavy atom. The third kappa shape index (κ3) is 3.10. The number of benzene rings is 1. The first-order chi connectivity index (χ1) is 11.2. The van der Waals surface area contributed by atoms with Gasteiger partial charge in [-0.1, -0.05) is 12.6 Å². The molecule has 1 aromatic carbocycles. The Morgan fingerprint density at radius 1 is 1.46 bits per heavy atom. The van der Waals surface area contributed by atoms with Crippen LogP contribution in [0.2, 0.25) is 0 Å². The zero-order chi connectivity index (χ0) is 17.5. The summed E-state index contributed by atoms with van der Waals surface area (Å²) in [6, 6.07) is 6.25. The van der Waals surface area contributed by atoms with Gasteiger partial charge in [0.15, 0.2) is 5.79 Å². The van der Waals surface area contributed by atoms with Crippen LogP contribution in [-0.4, -0.2) is 36.3 Å². The van der Waals surface area contributed by atoms with Gasteiger partial charge in [0.25, 0.3) is 0 Å². The number of hydrogen-bond acceptors (Lipinski definition) is 4. The smallest absolute Gasteiger partial charge is 0.163 e. The third-order valence-corrected chi connectivity index (χ3v) is 5.41. The van der Waals surface area contributed by atoms with E-state index in [2.05, 4.69) is 18.7 Å². The summed E-state index contributed by atoms with van der Waals surface area (Å²) in [5.74, 6) is 0.741. The molecule has 24 heavy (non-hydrogen) atoms. The standard InChI is InChI=1S/C20H28O4/c1-13(2)20(21,18-12-23-19(3,4)24-18)9-8-14-10-15-11-16(22-5)6-7-17(14)15/h6-7,11,14,18,21H,1,8-10,12H2,2-5H3/t14?,18-,20+/m0/s1. The molecule has 132 valence electrons. The fraction of sp³-hybridized carbons (Fsp3) is 0.600. The fourth-order valence-electron chi connectivity index (χ4n) is 3.75. The monoisotopic (exact) mass is 332 g/mol. The van der Waals surface area contributed by atoms with Crippen LogP contribution in [0.4, 0.5) is 0 Å². The van der Waals surface area contributed by atoms with Gasteiger partial charge in [0, 0.05) is 0 Å². The zero-order valence-electron chi connectivity index (χ0n) is 15.1. The van der Waals surface area contributed by atoms with Gasteiger partial charge in [0.05, 0.1) is 13.7 Å². The van der Waals surface area contributed by atoms with Gasteiger partial charge in [0.1, 0.15) is 17.5 Å². The molecule has 1 heterocycles. The van der Waals surface area contributed by atoms with Gasteiger partial charge in [-0.15, -0.1) is 0 Å². The highest BCUT2D eigenvalue weighted by molar-refractivity contribution is 5.45. The second kappa shape index (κ2) is 6.17. The van der Waals surface area contributed by atoms with E-state index >= 15 is 0 Å². The summed E-state index contributed by atoms with van der Waals surface area (Å²) in [5.41, 5.74) is 2.40. The molecule has 1 aliphatic carbocycles. The maximum absolute atomic E-state index is 11.2. The van der Waals surface area contributed by atoms with Crippen LogP contribution in [-0.2, 0) is 15.9 Å². The summed E-state index contributed by atoms with van der Waals surface area (Å²) in [7, 11) is 1.69. The molecule has 1 aliphatic heterocycles. The highest BCUT2D eigenvalue weighted by Crippen LogP contribution is 2.43. The Kier molecular flexibility index (Phi) is 4.49. The van der Waals surface area contributed by atoms with Gasteiger partial charge in [-0.2, -0.15) is 0 Å². The van der Waals surface area contributed by atoms with Gasteiger partial charge in [0.2, 0.25) is 0 Å².